The monoisotopic (exact) mass is 344 g/mol. The maximum atomic E-state index is 12.1. The Labute approximate surface area is 147 Å². The Morgan fingerprint density at radius 3 is 2.64 bits per heavy atom. The van der Waals surface area contributed by atoms with Gasteiger partial charge in [0.15, 0.2) is 5.82 Å². The lowest BCUT2D eigenvalue weighted by atomic mass is 10.2. The highest BCUT2D eigenvalue weighted by Gasteiger charge is 2.26. The summed E-state index contributed by atoms with van der Waals surface area (Å²) in [4.78, 5) is 25.0. The van der Waals surface area contributed by atoms with Crippen LogP contribution in [-0.2, 0) is 11.2 Å². The molecule has 1 aliphatic rings. The summed E-state index contributed by atoms with van der Waals surface area (Å²) >= 11 is 0. The predicted molar refractivity (Wildman–Crippen MR) is 93.0 cm³/mol. The topological polar surface area (TPSA) is 87.4 Å². The molecule has 0 aliphatic carbocycles. The van der Waals surface area contributed by atoms with Crippen LogP contribution in [0.4, 0.5) is 5.69 Å². The Kier molecular flexibility index (Phi) is 5.72. The quantitative estimate of drug-likeness (QED) is 0.846. The van der Waals surface area contributed by atoms with E-state index in [1.165, 1.54) is 0 Å². The Bertz CT molecular complexity index is 681. The molecule has 2 aromatic heterocycles. The molecule has 1 saturated heterocycles. The SMILES string of the molecule is CCc1noc(C(C)N2CCN(CC(=O)Nc3ccncc3)CC2)n1. The van der Waals surface area contributed by atoms with E-state index in [1.807, 2.05) is 6.92 Å². The molecule has 1 aliphatic heterocycles. The fraction of sp³-hybridized carbons (Fsp3) is 0.529. The van der Waals surface area contributed by atoms with E-state index in [-0.39, 0.29) is 11.9 Å². The van der Waals surface area contributed by atoms with E-state index in [0.717, 1.165) is 44.1 Å². The molecule has 1 N–H and O–H groups in total. The number of anilines is 1. The fourth-order valence-electron chi connectivity index (χ4n) is 2.88. The van der Waals surface area contributed by atoms with Crippen molar-refractivity contribution in [1.29, 1.82) is 0 Å². The number of carbonyl (C=O) groups is 1. The molecule has 25 heavy (non-hydrogen) atoms. The van der Waals surface area contributed by atoms with Crippen molar-refractivity contribution >= 4 is 11.6 Å². The summed E-state index contributed by atoms with van der Waals surface area (Å²) in [5.41, 5.74) is 0.774. The van der Waals surface area contributed by atoms with E-state index in [4.69, 9.17) is 4.52 Å². The molecule has 1 fully saturated rings. The van der Waals surface area contributed by atoms with Gasteiger partial charge in [-0.15, -0.1) is 0 Å². The molecule has 1 unspecified atom stereocenters. The van der Waals surface area contributed by atoms with Crippen LogP contribution in [0.1, 0.15) is 31.6 Å². The molecule has 0 bridgehead atoms. The predicted octanol–water partition coefficient (Wildman–Crippen LogP) is 1.34. The Hall–Kier alpha value is -2.32. The van der Waals surface area contributed by atoms with Gasteiger partial charge < -0.3 is 9.84 Å². The van der Waals surface area contributed by atoms with Gasteiger partial charge in [-0.3, -0.25) is 19.6 Å². The first-order valence-corrected chi connectivity index (χ1v) is 8.64. The highest BCUT2D eigenvalue weighted by atomic mass is 16.5. The molecule has 1 atom stereocenters. The van der Waals surface area contributed by atoms with Crippen LogP contribution in [0, 0.1) is 0 Å². The maximum Gasteiger partial charge on any atom is 0.243 e. The molecule has 1 amide bonds. The second kappa shape index (κ2) is 8.17. The summed E-state index contributed by atoms with van der Waals surface area (Å²) in [5.74, 6) is 1.41. The molecule has 3 rings (SSSR count). The summed E-state index contributed by atoms with van der Waals surface area (Å²) in [7, 11) is 0. The summed E-state index contributed by atoms with van der Waals surface area (Å²) < 4.78 is 5.34. The van der Waals surface area contributed by atoms with Gasteiger partial charge in [-0.2, -0.15) is 4.98 Å². The van der Waals surface area contributed by atoms with Crippen LogP contribution in [0.15, 0.2) is 29.0 Å². The van der Waals surface area contributed by atoms with Gasteiger partial charge in [0.2, 0.25) is 11.8 Å². The third kappa shape index (κ3) is 4.61. The highest BCUT2D eigenvalue weighted by molar-refractivity contribution is 5.92. The van der Waals surface area contributed by atoms with E-state index in [0.29, 0.717) is 12.4 Å². The Balaban J connectivity index is 1.46. The molecule has 0 radical (unpaired) electrons. The van der Waals surface area contributed by atoms with Crippen LogP contribution >= 0.6 is 0 Å². The number of rotatable bonds is 6. The number of aromatic nitrogens is 3. The van der Waals surface area contributed by atoms with Crippen LogP contribution in [0.3, 0.4) is 0 Å². The molecule has 134 valence electrons. The van der Waals surface area contributed by atoms with Gasteiger partial charge >= 0.3 is 0 Å². The van der Waals surface area contributed by atoms with Gasteiger partial charge in [-0.25, -0.2) is 0 Å². The summed E-state index contributed by atoms with van der Waals surface area (Å²) in [6.45, 7) is 7.89. The number of carbonyl (C=O) groups excluding carboxylic acids is 1. The fourth-order valence-corrected chi connectivity index (χ4v) is 2.88. The van der Waals surface area contributed by atoms with Crippen molar-refractivity contribution in [2.45, 2.75) is 26.3 Å². The molecule has 8 nitrogen and oxygen atoms in total. The van der Waals surface area contributed by atoms with Gasteiger partial charge in [-0.05, 0) is 19.1 Å². The number of nitrogens with one attached hydrogen (secondary N) is 1. The average molecular weight is 344 g/mol. The molecular formula is C17H24N6O2. The highest BCUT2D eigenvalue weighted by Crippen LogP contribution is 2.20. The number of hydrogen-bond donors (Lipinski definition) is 1. The van der Waals surface area contributed by atoms with Crippen molar-refractivity contribution in [1.82, 2.24) is 24.9 Å². The lowest BCUT2D eigenvalue weighted by molar-refractivity contribution is -0.117. The maximum absolute atomic E-state index is 12.1. The van der Waals surface area contributed by atoms with Crippen molar-refractivity contribution < 1.29 is 9.32 Å². The summed E-state index contributed by atoms with van der Waals surface area (Å²) in [6.07, 6.45) is 4.10. The second-order valence-corrected chi connectivity index (χ2v) is 6.17. The zero-order valence-corrected chi connectivity index (χ0v) is 14.7. The third-order valence-corrected chi connectivity index (χ3v) is 4.44. The number of amides is 1. The Morgan fingerprint density at radius 2 is 2.00 bits per heavy atom. The molecule has 2 aromatic rings. The van der Waals surface area contributed by atoms with Crippen molar-refractivity contribution in [2.24, 2.45) is 0 Å². The summed E-state index contributed by atoms with van der Waals surface area (Å²) in [6, 6.07) is 3.67. The minimum atomic E-state index is -0.00260. The number of nitrogens with zero attached hydrogens (tertiary/aromatic N) is 5. The molecule has 3 heterocycles. The smallest absolute Gasteiger partial charge is 0.243 e. The number of pyridine rings is 1. The van der Waals surface area contributed by atoms with Crippen molar-refractivity contribution in [3.8, 4) is 0 Å². The third-order valence-electron chi connectivity index (χ3n) is 4.44. The Morgan fingerprint density at radius 1 is 1.28 bits per heavy atom. The summed E-state index contributed by atoms with van der Waals surface area (Å²) in [5, 5.41) is 6.85. The minimum Gasteiger partial charge on any atom is -0.338 e. The molecule has 0 aromatic carbocycles. The van der Waals surface area contributed by atoms with Crippen LogP contribution in [0.5, 0.6) is 0 Å². The zero-order valence-electron chi connectivity index (χ0n) is 14.7. The first kappa shape index (κ1) is 17.5. The number of hydrogen-bond acceptors (Lipinski definition) is 7. The van der Waals surface area contributed by atoms with Crippen LogP contribution in [0.2, 0.25) is 0 Å². The van der Waals surface area contributed by atoms with Gasteiger partial charge in [0.05, 0.1) is 12.6 Å². The van der Waals surface area contributed by atoms with Crippen molar-refractivity contribution in [3.05, 3.63) is 36.2 Å². The second-order valence-electron chi connectivity index (χ2n) is 6.17. The van der Waals surface area contributed by atoms with E-state index < -0.39 is 0 Å². The zero-order chi connectivity index (χ0) is 17.6. The number of aryl methyl sites for hydroxylation is 1. The van der Waals surface area contributed by atoms with Crippen LogP contribution < -0.4 is 5.32 Å². The molecular weight excluding hydrogens is 320 g/mol. The first-order chi connectivity index (χ1) is 12.2. The van der Waals surface area contributed by atoms with E-state index in [2.05, 4.69) is 37.2 Å². The van der Waals surface area contributed by atoms with Gasteiger partial charge in [0.25, 0.3) is 0 Å². The van der Waals surface area contributed by atoms with Gasteiger partial charge in [-0.1, -0.05) is 12.1 Å². The minimum absolute atomic E-state index is 0.00260. The average Bonchev–Trinajstić information content (AvgIpc) is 3.12. The lowest BCUT2D eigenvalue weighted by Gasteiger charge is -2.36. The largest absolute Gasteiger partial charge is 0.338 e. The standard InChI is InChI=1S/C17H24N6O2/c1-3-15-20-17(25-21-15)13(2)23-10-8-22(9-11-23)12-16(24)19-14-4-6-18-7-5-14/h4-7,13H,3,8-12H2,1-2H3,(H,18,19,24). The van der Waals surface area contributed by atoms with E-state index >= 15 is 0 Å². The van der Waals surface area contributed by atoms with E-state index in [1.54, 1.807) is 24.5 Å². The first-order valence-electron chi connectivity index (χ1n) is 8.64. The molecule has 8 heteroatoms. The van der Waals surface area contributed by atoms with Crippen molar-refractivity contribution in [3.63, 3.8) is 0 Å². The van der Waals surface area contributed by atoms with E-state index in [9.17, 15) is 4.79 Å². The van der Waals surface area contributed by atoms with Crippen molar-refractivity contribution in [2.75, 3.05) is 38.0 Å². The van der Waals surface area contributed by atoms with Gasteiger partial charge in [0.1, 0.15) is 0 Å². The molecule has 0 spiro atoms. The molecule has 0 saturated carbocycles. The van der Waals surface area contributed by atoms with Gasteiger partial charge in [0, 0.05) is 50.7 Å². The number of piperazine rings is 1. The normalized spacial score (nSPS) is 17.4. The lowest BCUT2D eigenvalue weighted by Crippen LogP contribution is -2.49. The van der Waals surface area contributed by atoms with Crippen LogP contribution in [0.25, 0.3) is 0 Å². The van der Waals surface area contributed by atoms with Crippen LogP contribution in [-0.4, -0.2) is 63.6 Å².